The maximum absolute atomic E-state index is 12.8. The van der Waals surface area contributed by atoms with E-state index >= 15 is 0 Å². The molecule has 23 heavy (non-hydrogen) atoms. The van der Waals surface area contributed by atoms with Crippen molar-refractivity contribution in [1.29, 1.82) is 0 Å². The second kappa shape index (κ2) is 5.70. The van der Waals surface area contributed by atoms with E-state index in [1.165, 1.54) is 5.56 Å². The van der Waals surface area contributed by atoms with E-state index in [0.717, 1.165) is 22.3 Å². The van der Waals surface area contributed by atoms with E-state index < -0.39 is 9.84 Å². The highest BCUT2D eigenvalue weighted by molar-refractivity contribution is 7.91. The zero-order chi connectivity index (χ0) is 16.6. The molecule has 0 spiro atoms. The fourth-order valence-corrected chi connectivity index (χ4v) is 4.08. The van der Waals surface area contributed by atoms with Crippen molar-refractivity contribution in [3.05, 3.63) is 71.4 Å². The van der Waals surface area contributed by atoms with Crippen molar-refractivity contribution in [1.82, 2.24) is 4.98 Å². The molecule has 3 rings (SSSR count). The lowest BCUT2D eigenvalue weighted by atomic mass is 10.0. The van der Waals surface area contributed by atoms with Crippen LogP contribution in [0.2, 0.25) is 0 Å². The largest absolute Gasteiger partial charge is 0.351 e. The first-order valence-electron chi connectivity index (χ1n) is 7.46. The van der Waals surface area contributed by atoms with E-state index in [-0.39, 0.29) is 5.03 Å². The van der Waals surface area contributed by atoms with Crippen molar-refractivity contribution in [2.45, 2.75) is 30.7 Å². The second-order valence-electron chi connectivity index (χ2n) is 5.84. The van der Waals surface area contributed by atoms with Crippen LogP contribution in [0.25, 0.3) is 11.1 Å². The van der Waals surface area contributed by atoms with Crippen LogP contribution in [0.4, 0.5) is 0 Å². The first kappa shape index (κ1) is 15.6. The van der Waals surface area contributed by atoms with E-state index in [4.69, 9.17) is 0 Å². The van der Waals surface area contributed by atoms with E-state index in [0.29, 0.717) is 4.90 Å². The average Bonchev–Trinajstić information content (AvgIpc) is 2.91. The molecular weight excluding hydrogens is 306 g/mol. The Labute approximate surface area is 136 Å². The normalized spacial score (nSPS) is 11.6. The molecule has 0 aliphatic rings. The molecule has 118 valence electrons. The van der Waals surface area contributed by atoms with Crippen LogP contribution in [0.3, 0.4) is 0 Å². The minimum absolute atomic E-state index is 0.261. The number of aromatic nitrogens is 1. The van der Waals surface area contributed by atoms with Gasteiger partial charge in [0.25, 0.3) is 0 Å². The Morgan fingerprint density at radius 2 is 1.30 bits per heavy atom. The Kier molecular flexibility index (Phi) is 3.86. The number of aromatic amines is 1. The highest BCUT2D eigenvalue weighted by atomic mass is 32.2. The first-order valence-corrected chi connectivity index (χ1v) is 8.94. The van der Waals surface area contributed by atoms with E-state index in [2.05, 4.69) is 4.98 Å². The summed E-state index contributed by atoms with van der Waals surface area (Å²) in [6.45, 7) is 5.81. The van der Waals surface area contributed by atoms with Crippen molar-refractivity contribution < 1.29 is 8.42 Å². The molecule has 3 aromatic rings. The van der Waals surface area contributed by atoms with Crippen molar-refractivity contribution >= 4 is 9.84 Å². The third kappa shape index (κ3) is 2.82. The minimum Gasteiger partial charge on any atom is -0.351 e. The van der Waals surface area contributed by atoms with Gasteiger partial charge in [0.1, 0.15) is 5.03 Å². The molecule has 1 aromatic heterocycles. The second-order valence-corrected chi connectivity index (χ2v) is 7.73. The van der Waals surface area contributed by atoms with Gasteiger partial charge in [-0.05, 0) is 44.0 Å². The van der Waals surface area contributed by atoms with Gasteiger partial charge in [0.05, 0.1) is 4.90 Å². The van der Waals surface area contributed by atoms with Gasteiger partial charge in [-0.1, -0.05) is 47.5 Å². The van der Waals surface area contributed by atoms with Crippen LogP contribution in [0, 0.1) is 20.8 Å². The monoisotopic (exact) mass is 325 g/mol. The Bertz CT molecular complexity index is 934. The predicted molar refractivity (Wildman–Crippen MR) is 92.3 cm³/mol. The lowest BCUT2D eigenvalue weighted by molar-refractivity contribution is 0.592. The Morgan fingerprint density at radius 1 is 0.783 bits per heavy atom. The Hall–Kier alpha value is -2.33. The van der Waals surface area contributed by atoms with Crippen LogP contribution < -0.4 is 0 Å². The summed E-state index contributed by atoms with van der Waals surface area (Å²) in [4.78, 5) is 3.26. The highest BCUT2D eigenvalue weighted by Crippen LogP contribution is 2.31. The fourth-order valence-electron chi connectivity index (χ4n) is 2.62. The molecule has 0 atom stereocenters. The first-order chi connectivity index (χ1) is 10.9. The molecule has 0 amide bonds. The molecule has 0 saturated carbocycles. The van der Waals surface area contributed by atoms with Crippen LogP contribution in [0.1, 0.15) is 16.7 Å². The zero-order valence-electron chi connectivity index (χ0n) is 13.4. The lowest BCUT2D eigenvalue weighted by Gasteiger charge is -2.06. The summed E-state index contributed by atoms with van der Waals surface area (Å²) < 4.78 is 25.7. The summed E-state index contributed by atoms with van der Waals surface area (Å²) in [6.07, 6.45) is 1.76. The molecular formula is C19H19NO2S. The Morgan fingerprint density at radius 3 is 1.87 bits per heavy atom. The van der Waals surface area contributed by atoms with Crippen LogP contribution in [-0.2, 0) is 9.84 Å². The van der Waals surface area contributed by atoms with Gasteiger partial charge < -0.3 is 4.98 Å². The third-order valence-electron chi connectivity index (χ3n) is 4.05. The van der Waals surface area contributed by atoms with Gasteiger partial charge in [-0.2, -0.15) is 0 Å². The molecule has 0 aliphatic heterocycles. The minimum atomic E-state index is -3.54. The van der Waals surface area contributed by atoms with Gasteiger partial charge in [0.15, 0.2) is 0 Å². The number of rotatable bonds is 3. The molecule has 0 fully saturated rings. The summed E-state index contributed by atoms with van der Waals surface area (Å²) in [6, 6.07) is 15.0. The van der Waals surface area contributed by atoms with Gasteiger partial charge in [-0.25, -0.2) is 8.42 Å². The molecule has 0 unspecified atom stereocenters. The van der Waals surface area contributed by atoms with E-state index in [9.17, 15) is 8.42 Å². The standard InChI is InChI=1S/C19H19NO2S/c1-13-4-8-16(9-5-13)18-12-20-19(15(18)3)23(21,22)17-10-6-14(2)7-11-17/h4-12,20H,1-3H3. The molecule has 1 heterocycles. The zero-order valence-corrected chi connectivity index (χ0v) is 14.2. The molecule has 0 bridgehead atoms. The van der Waals surface area contributed by atoms with Gasteiger partial charge in [-0.3, -0.25) is 0 Å². The van der Waals surface area contributed by atoms with Crippen molar-refractivity contribution in [3.8, 4) is 11.1 Å². The summed E-state index contributed by atoms with van der Waals surface area (Å²) in [5, 5.41) is 0.261. The topological polar surface area (TPSA) is 49.9 Å². The molecule has 1 N–H and O–H groups in total. The number of hydrogen-bond donors (Lipinski definition) is 1. The van der Waals surface area contributed by atoms with Gasteiger partial charge in [0.2, 0.25) is 9.84 Å². The molecule has 2 aromatic carbocycles. The Balaban J connectivity index is 2.08. The predicted octanol–water partition coefficient (Wildman–Crippen LogP) is 4.44. The summed E-state index contributed by atoms with van der Waals surface area (Å²) in [5.74, 6) is 0. The van der Waals surface area contributed by atoms with Crippen LogP contribution in [0.15, 0.2) is 64.6 Å². The quantitative estimate of drug-likeness (QED) is 0.774. The third-order valence-corrected chi connectivity index (χ3v) is 5.91. The number of benzene rings is 2. The maximum Gasteiger partial charge on any atom is 0.222 e. The lowest BCUT2D eigenvalue weighted by Crippen LogP contribution is -2.04. The van der Waals surface area contributed by atoms with Crippen molar-refractivity contribution in [2.75, 3.05) is 0 Å². The van der Waals surface area contributed by atoms with Crippen LogP contribution >= 0.6 is 0 Å². The SMILES string of the molecule is Cc1ccc(-c2c[nH]c(S(=O)(=O)c3ccc(C)cc3)c2C)cc1. The molecule has 0 radical (unpaired) electrons. The smallest absolute Gasteiger partial charge is 0.222 e. The van der Waals surface area contributed by atoms with E-state index in [1.54, 1.807) is 18.3 Å². The van der Waals surface area contributed by atoms with Gasteiger partial charge >= 0.3 is 0 Å². The van der Waals surface area contributed by atoms with Gasteiger partial charge in [0, 0.05) is 11.8 Å². The molecule has 0 saturated heterocycles. The van der Waals surface area contributed by atoms with Crippen LogP contribution in [0.5, 0.6) is 0 Å². The summed E-state index contributed by atoms with van der Waals surface area (Å²) >= 11 is 0. The number of H-pyrrole nitrogens is 1. The summed E-state index contributed by atoms with van der Waals surface area (Å²) in [7, 11) is -3.54. The number of aryl methyl sites for hydroxylation is 2. The van der Waals surface area contributed by atoms with Crippen molar-refractivity contribution in [2.24, 2.45) is 0 Å². The van der Waals surface area contributed by atoms with Crippen molar-refractivity contribution in [3.63, 3.8) is 0 Å². The maximum atomic E-state index is 12.8. The molecule has 0 aliphatic carbocycles. The van der Waals surface area contributed by atoms with Crippen LogP contribution in [-0.4, -0.2) is 13.4 Å². The van der Waals surface area contributed by atoms with Gasteiger partial charge in [-0.15, -0.1) is 0 Å². The number of nitrogens with one attached hydrogen (secondary N) is 1. The summed E-state index contributed by atoms with van der Waals surface area (Å²) in [5.41, 5.74) is 4.88. The average molecular weight is 325 g/mol. The molecule has 4 heteroatoms. The van der Waals surface area contributed by atoms with E-state index in [1.807, 2.05) is 57.2 Å². The molecule has 3 nitrogen and oxygen atoms in total. The number of sulfone groups is 1. The highest BCUT2D eigenvalue weighted by Gasteiger charge is 2.23. The number of hydrogen-bond acceptors (Lipinski definition) is 2. The fraction of sp³-hybridized carbons (Fsp3) is 0.158.